The maximum absolute atomic E-state index is 5.97. The van der Waals surface area contributed by atoms with Crippen molar-refractivity contribution in [3.8, 4) is 5.75 Å². The van der Waals surface area contributed by atoms with Crippen LogP contribution in [0, 0.1) is 13.8 Å². The fraction of sp³-hybridized carbons (Fsp3) is 0.571. The Balaban J connectivity index is 2.60. The third-order valence-corrected chi connectivity index (χ3v) is 3.64. The number of fused-ring (bicyclic) bond motifs is 1. The van der Waals surface area contributed by atoms with Crippen LogP contribution in [0.15, 0.2) is 12.1 Å². The van der Waals surface area contributed by atoms with Crippen LogP contribution in [0.25, 0.3) is 0 Å². The van der Waals surface area contributed by atoms with Crippen molar-refractivity contribution in [3.63, 3.8) is 0 Å². The number of hydrogen-bond donors (Lipinski definition) is 1. The van der Waals surface area contributed by atoms with E-state index in [4.69, 9.17) is 10.5 Å². The highest BCUT2D eigenvalue weighted by Gasteiger charge is 2.31. The summed E-state index contributed by atoms with van der Waals surface area (Å²) in [5.41, 5.74) is 9.86. The van der Waals surface area contributed by atoms with Crippen LogP contribution >= 0.6 is 0 Å². The molecule has 1 aliphatic rings. The summed E-state index contributed by atoms with van der Waals surface area (Å²) in [7, 11) is 0. The lowest BCUT2D eigenvalue weighted by Crippen LogP contribution is -2.31. The Kier molecular flexibility index (Phi) is 2.94. The molecule has 1 unspecified atom stereocenters. The first-order chi connectivity index (χ1) is 7.57. The van der Waals surface area contributed by atoms with Gasteiger partial charge in [0, 0.05) is 17.5 Å². The van der Waals surface area contributed by atoms with Crippen molar-refractivity contribution in [1.82, 2.24) is 0 Å². The molecule has 0 fully saturated rings. The minimum Gasteiger partial charge on any atom is -0.493 e. The van der Waals surface area contributed by atoms with E-state index in [1.54, 1.807) is 0 Å². The predicted octanol–water partition coefficient (Wildman–Crippen LogP) is 2.69. The van der Waals surface area contributed by atoms with E-state index >= 15 is 0 Å². The molecule has 1 atom stereocenters. The molecule has 1 aromatic rings. The monoisotopic (exact) mass is 219 g/mol. The van der Waals surface area contributed by atoms with Crippen LogP contribution in [0.2, 0.25) is 0 Å². The molecule has 0 aliphatic carbocycles. The molecule has 1 aliphatic heterocycles. The first-order valence-electron chi connectivity index (χ1n) is 6.01. The average Bonchev–Trinajstić information content (AvgIpc) is 2.40. The van der Waals surface area contributed by atoms with Gasteiger partial charge in [0.2, 0.25) is 0 Å². The zero-order valence-corrected chi connectivity index (χ0v) is 10.5. The van der Waals surface area contributed by atoms with Gasteiger partial charge in [-0.05, 0) is 32.3 Å². The zero-order valence-electron chi connectivity index (χ0n) is 10.5. The topological polar surface area (TPSA) is 35.2 Å². The second-order valence-corrected chi connectivity index (χ2v) is 5.18. The molecule has 2 N–H and O–H groups in total. The van der Waals surface area contributed by atoms with E-state index < -0.39 is 0 Å². The molecular weight excluding hydrogens is 198 g/mol. The minimum absolute atomic E-state index is 0.0720. The summed E-state index contributed by atoms with van der Waals surface area (Å²) in [6.45, 7) is 8.00. The Labute approximate surface area is 97.8 Å². The molecule has 0 saturated heterocycles. The average molecular weight is 219 g/mol. The maximum Gasteiger partial charge on any atom is 0.126 e. The van der Waals surface area contributed by atoms with Crippen molar-refractivity contribution < 1.29 is 4.74 Å². The van der Waals surface area contributed by atoms with Gasteiger partial charge in [-0.25, -0.2) is 0 Å². The zero-order chi connectivity index (χ0) is 11.8. The first kappa shape index (κ1) is 11.5. The van der Waals surface area contributed by atoms with Gasteiger partial charge < -0.3 is 10.5 Å². The van der Waals surface area contributed by atoms with E-state index in [1.165, 1.54) is 16.7 Å². The standard InChI is InChI=1S/C14H21NO/c1-10-7-11(2)13-12(8-10)14(3,9-15)5-4-6-16-13/h7-8H,4-6,9,15H2,1-3H3. The molecule has 0 aromatic heterocycles. The Morgan fingerprint density at radius 3 is 2.81 bits per heavy atom. The van der Waals surface area contributed by atoms with E-state index in [9.17, 15) is 0 Å². The van der Waals surface area contributed by atoms with Crippen LogP contribution in [0.3, 0.4) is 0 Å². The van der Waals surface area contributed by atoms with E-state index in [2.05, 4.69) is 32.9 Å². The predicted molar refractivity (Wildman–Crippen MR) is 67.1 cm³/mol. The summed E-state index contributed by atoms with van der Waals surface area (Å²) in [6, 6.07) is 4.42. The summed E-state index contributed by atoms with van der Waals surface area (Å²) in [4.78, 5) is 0. The second-order valence-electron chi connectivity index (χ2n) is 5.18. The highest BCUT2D eigenvalue weighted by molar-refractivity contribution is 5.48. The van der Waals surface area contributed by atoms with E-state index in [1.807, 2.05) is 0 Å². The molecule has 88 valence electrons. The third-order valence-electron chi connectivity index (χ3n) is 3.64. The van der Waals surface area contributed by atoms with Gasteiger partial charge >= 0.3 is 0 Å². The number of hydrogen-bond acceptors (Lipinski definition) is 2. The molecule has 16 heavy (non-hydrogen) atoms. The molecular formula is C14H21NO. The number of ether oxygens (including phenoxy) is 1. The van der Waals surface area contributed by atoms with Gasteiger partial charge in [0.25, 0.3) is 0 Å². The highest BCUT2D eigenvalue weighted by atomic mass is 16.5. The van der Waals surface area contributed by atoms with Crippen molar-refractivity contribution in [2.45, 2.75) is 39.0 Å². The summed E-state index contributed by atoms with van der Waals surface area (Å²) < 4.78 is 5.88. The molecule has 1 heterocycles. The summed E-state index contributed by atoms with van der Waals surface area (Å²) >= 11 is 0. The maximum atomic E-state index is 5.97. The van der Waals surface area contributed by atoms with Crippen molar-refractivity contribution in [2.75, 3.05) is 13.2 Å². The molecule has 0 saturated carbocycles. The number of nitrogens with two attached hydrogens (primary N) is 1. The molecule has 2 heteroatoms. The Bertz CT molecular complexity index is 400. The van der Waals surface area contributed by atoms with Crippen LogP contribution < -0.4 is 10.5 Å². The molecule has 0 amide bonds. The summed E-state index contributed by atoms with van der Waals surface area (Å²) in [6.07, 6.45) is 2.19. The van der Waals surface area contributed by atoms with Gasteiger partial charge in [-0.1, -0.05) is 24.6 Å². The van der Waals surface area contributed by atoms with Crippen LogP contribution in [-0.2, 0) is 5.41 Å². The lowest BCUT2D eigenvalue weighted by Gasteiger charge is -2.28. The Hall–Kier alpha value is -1.02. The largest absolute Gasteiger partial charge is 0.493 e. The van der Waals surface area contributed by atoms with Crippen molar-refractivity contribution in [1.29, 1.82) is 0 Å². The number of aryl methyl sites for hydroxylation is 2. The minimum atomic E-state index is 0.0720. The third kappa shape index (κ3) is 1.82. The van der Waals surface area contributed by atoms with Crippen LogP contribution in [0.5, 0.6) is 5.75 Å². The lowest BCUT2D eigenvalue weighted by molar-refractivity contribution is 0.311. The second kappa shape index (κ2) is 4.10. The molecule has 2 nitrogen and oxygen atoms in total. The quantitative estimate of drug-likeness (QED) is 0.788. The van der Waals surface area contributed by atoms with Crippen LogP contribution in [0.4, 0.5) is 0 Å². The normalized spacial score (nSPS) is 24.5. The van der Waals surface area contributed by atoms with Gasteiger partial charge in [0.1, 0.15) is 5.75 Å². The van der Waals surface area contributed by atoms with E-state index in [0.717, 1.165) is 25.2 Å². The van der Waals surface area contributed by atoms with Crippen LogP contribution in [-0.4, -0.2) is 13.2 Å². The Morgan fingerprint density at radius 2 is 2.12 bits per heavy atom. The van der Waals surface area contributed by atoms with Gasteiger partial charge in [0.15, 0.2) is 0 Å². The van der Waals surface area contributed by atoms with Gasteiger partial charge in [-0.2, -0.15) is 0 Å². The van der Waals surface area contributed by atoms with Crippen molar-refractivity contribution in [3.05, 3.63) is 28.8 Å². The van der Waals surface area contributed by atoms with Crippen LogP contribution in [0.1, 0.15) is 36.5 Å². The summed E-state index contributed by atoms with van der Waals surface area (Å²) in [5.74, 6) is 1.07. The van der Waals surface area contributed by atoms with Gasteiger partial charge in [-0.15, -0.1) is 0 Å². The van der Waals surface area contributed by atoms with E-state index in [0.29, 0.717) is 6.54 Å². The van der Waals surface area contributed by atoms with Crippen molar-refractivity contribution in [2.24, 2.45) is 5.73 Å². The van der Waals surface area contributed by atoms with E-state index in [-0.39, 0.29) is 5.41 Å². The number of rotatable bonds is 1. The highest BCUT2D eigenvalue weighted by Crippen LogP contribution is 2.39. The molecule has 2 rings (SSSR count). The SMILES string of the molecule is Cc1cc(C)c2c(c1)C(C)(CN)CCCO2. The van der Waals surface area contributed by atoms with Gasteiger partial charge in [0.05, 0.1) is 6.61 Å². The summed E-state index contributed by atoms with van der Waals surface area (Å²) in [5, 5.41) is 0. The Morgan fingerprint density at radius 1 is 1.38 bits per heavy atom. The van der Waals surface area contributed by atoms with Gasteiger partial charge in [-0.3, -0.25) is 0 Å². The lowest BCUT2D eigenvalue weighted by atomic mass is 9.77. The first-order valence-corrected chi connectivity index (χ1v) is 6.01. The fourth-order valence-corrected chi connectivity index (χ4v) is 2.58. The molecule has 0 radical (unpaired) electrons. The number of benzene rings is 1. The molecule has 0 spiro atoms. The van der Waals surface area contributed by atoms with Crippen molar-refractivity contribution >= 4 is 0 Å². The molecule has 1 aromatic carbocycles. The smallest absolute Gasteiger partial charge is 0.126 e. The molecule has 0 bridgehead atoms. The fourth-order valence-electron chi connectivity index (χ4n) is 2.58.